The van der Waals surface area contributed by atoms with Crippen molar-refractivity contribution in [3.63, 3.8) is 0 Å². The topological polar surface area (TPSA) is 77.8 Å². The fourth-order valence-corrected chi connectivity index (χ4v) is 3.66. The second-order valence-corrected chi connectivity index (χ2v) is 7.31. The zero-order chi connectivity index (χ0) is 15.5. The molecule has 6 heteroatoms. The third-order valence-electron chi connectivity index (χ3n) is 3.58. The maximum absolute atomic E-state index is 12.5. The first-order chi connectivity index (χ1) is 9.93. The summed E-state index contributed by atoms with van der Waals surface area (Å²) in [5.74, 6) is 5.42. The molecule has 0 radical (unpaired) electrons. The van der Waals surface area contributed by atoms with E-state index in [9.17, 15) is 13.5 Å². The summed E-state index contributed by atoms with van der Waals surface area (Å²) in [6.45, 7) is 0.146. The van der Waals surface area contributed by atoms with Gasteiger partial charge in [0, 0.05) is 19.2 Å². The van der Waals surface area contributed by atoms with Gasteiger partial charge in [-0.1, -0.05) is 17.9 Å². The summed E-state index contributed by atoms with van der Waals surface area (Å²) in [6, 6.07) is 6.37. The lowest BCUT2D eigenvalue weighted by atomic mass is 9.82. The van der Waals surface area contributed by atoms with Crippen LogP contribution < -0.4 is 0 Å². The van der Waals surface area contributed by atoms with E-state index in [1.807, 2.05) is 0 Å². The Morgan fingerprint density at radius 2 is 2.10 bits per heavy atom. The van der Waals surface area contributed by atoms with E-state index in [-0.39, 0.29) is 23.5 Å². The Hall–Kier alpha value is -1.39. The smallest absolute Gasteiger partial charge is 0.242 e. The van der Waals surface area contributed by atoms with E-state index < -0.39 is 10.0 Å². The zero-order valence-corrected chi connectivity index (χ0v) is 12.7. The van der Waals surface area contributed by atoms with Crippen molar-refractivity contribution in [2.45, 2.75) is 23.8 Å². The molecular formula is C15H19NO4S. The molecule has 21 heavy (non-hydrogen) atoms. The van der Waals surface area contributed by atoms with E-state index in [4.69, 9.17) is 5.11 Å². The second-order valence-electron chi connectivity index (χ2n) is 5.26. The van der Waals surface area contributed by atoms with Gasteiger partial charge in [0.2, 0.25) is 10.0 Å². The Morgan fingerprint density at radius 1 is 1.38 bits per heavy atom. The van der Waals surface area contributed by atoms with Gasteiger partial charge in [0.25, 0.3) is 0 Å². The van der Waals surface area contributed by atoms with E-state index in [2.05, 4.69) is 11.8 Å². The maximum Gasteiger partial charge on any atom is 0.242 e. The van der Waals surface area contributed by atoms with Crippen LogP contribution in [0.2, 0.25) is 0 Å². The molecule has 1 aliphatic carbocycles. The van der Waals surface area contributed by atoms with Crippen molar-refractivity contribution in [3.8, 4) is 11.8 Å². The van der Waals surface area contributed by atoms with Crippen LogP contribution in [0.25, 0.3) is 0 Å². The Labute approximate surface area is 125 Å². The van der Waals surface area contributed by atoms with Gasteiger partial charge in [0.15, 0.2) is 0 Å². The number of nitrogens with zero attached hydrogens (tertiary/aromatic N) is 1. The largest absolute Gasteiger partial charge is 0.393 e. The van der Waals surface area contributed by atoms with Gasteiger partial charge in [-0.15, -0.1) is 0 Å². The summed E-state index contributed by atoms with van der Waals surface area (Å²) in [5.41, 5.74) is 0.553. The van der Waals surface area contributed by atoms with Crippen LogP contribution in [0.3, 0.4) is 0 Å². The highest BCUT2D eigenvalue weighted by atomic mass is 32.2. The van der Waals surface area contributed by atoms with Gasteiger partial charge in [0.05, 0.1) is 11.0 Å². The molecule has 114 valence electrons. The van der Waals surface area contributed by atoms with E-state index >= 15 is 0 Å². The predicted octanol–water partition coefficient (Wildman–Crippen LogP) is 0.422. The molecule has 0 spiro atoms. The number of hydrogen-bond acceptors (Lipinski definition) is 4. The molecule has 0 atom stereocenters. The quantitative estimate of drug-likeness (QED) is 0.790. The van der Waals surface area contributed by atoms with Crippen molar-refractivity contribution in [2.75, 3.05) is 20.2 Å². The molecule has 2 N–H and O–H groups in total. The number of sulfonamides is 1. The van der Waals surface area contributed by atoms with Crippen molar-refractivity contribution in [2.24, 2.45) is 5.92 Å². The molecule has 2 rings (SSSR count). The average molecular weight is 309 g/mol. The zero-order valence-electron chi connectivity index (χ0n) is 11.9. The molecule has 0 saturated heterocycles. The number of hydrogen-bond donors (Lipinski definition) is 2. The van der Waals surface area contributed by atoms with Crippen molar-refractivity contribution in [3.05, 3.63) is 29.8 Å². The van der Waals surface area contributed by atoms with Gasteiger partial charge < -0.3 is 10.2 Å². The summed E-state index contributed by atoms with van der Waals surface area (Å²) in [6.07, 6.45) is 1.02. The third kappa shape index (κ3) is 3.83. The van der Waals surface area contributed by atoms with Crippen molar-refractivity contribution < 1.29 is 18.6 Å². The molecule has 1 fully saturated rings. The molecular weight excluding hydrogens is 290 g/mol. The monoisotopic (exact) mass is 309 g/mol. The van der Waals surface area contributed by atoms with Crippen LogP contribution in [0.5, 0.6) is 0 Å². The van der Waals surface area contributed by atoms with Crippen molar-refractivity contribution in [1.29, 1.82) is 0 Å². The van der Waals surface area contributed by atoms with Crippen LogP contribution in [-0.2, 0) is 10.0 Å². The fourth-order valence-electron chi connectivity index (χ4n) is 2.37. The molecule has 1 saturated carbocycles. The van der Waals surface area contributed by atoms with Crippen LogP contribution in [0, 0.1) is 17.8 Å². The molecule has 0 unspecified atom stereocenters. The molecule has 0 heterocycles. The van der Waals surface area contributed by atoms with E-state index in [1.54, 1.807) is 19.2 Å². The van der Waals surface area contributed by atoms with Gasteiger partial charge in [-0.2, -0.15) is 0 Å². The van der Waals surface area contributed by atoms with Gasteiger partial charge in [-0.05, 0) is 37.0 Å². The molecule has 5 nitrogen and oxygen atoms in total. The highest BCUT2D eigenvalue weighted by Gasteiger charge is 2.31. The number of aliphatic hydroxyl groups excluding tert-OH is 2. The summed E-state index contributed by atoms with van der Waals surface area (Å²) in [7, 11) is -2.01. The SMILES string of the molecule is CN(CC1CC(O)C1)S(=O)(=O)c1cccc(C#CCO)c1. The molecule has 0 bridgehead atoms. The molecule has 1 aromatic carbocycles. The second kappa shape index (κ2) is 6.58. The highest BCUT2D eigenvalue weighted by Crippen LogP contribution is 2.29. The first-order valence-corrected chi connectivity index (χ1v) is 8.21. The van der Waals surface area contributed by atoms with Crippen molar-refractivity contribution in [1.82, 2.24) is 4.31 Å². The summed E-state index contributed by atoms with van der Waals surface area (Å²) >= 11 is 0. The molecule has 1 aliphatic rings. The summed E-state index contributed by atoms with van der Waals surface area (Å²) in [5, 5.41) is 17.9. The lowest BCUT2D eigenvalue weighted by Gasteiger charge is -2.34. The normalized spacial score (nSPS) is 21.5. The predicted molar refractivity (Wildman–Crippen MR) is 79.0 cm³/mol. The lowest BCUT2D eigenvalue weighted by Crippen LogP contribution is -2.39. The minimum atomic E-state index is -3.55. The molecule has 1 aromatic rings. The molecule has 0 amide bonds. The van der Waals surface area contributed by atoms with Crippen LogP contribution in [0.1, 0.15) is 18.4 Å². The van der Waals surface area contributed by atoms with Crippen LogP contribution in [-0.4, -0.2) is 49.2 Å². The number of rotatable bonds is 4. The van der Waals surface area contributed by atoms with E-state index in [0.717, 1.165) is 0 Å². The van der Waals surface area contributed by atoms with E-state index in [0.29, 0.717) is 24.9 Å². The Bertz CT molecular complexity index is 654. The first-order valence-electron chi connectivity index (χ1n) is 6.77. The molecule has 0 aliphatic heterocycles. The van der Waals surface area contributed by atoms with Gasteiger partial charge in [-0.25, -0.2) is 12.7 Å². The molecule has 0 aromatic heterocycles. The fraction of sp³-hybridized carbons (Fsp3) is 0.467. The standard InChI is InChI=1S/C15H19NO4S/c1-16(11-13-8-14(18)9-13)21(19,20)15-6-2-4-12(10-15)5-3-7-17/h2,4,6,10,13-14,17-18H,7-9,11H2,1H3. The Kier molecular flexibility index (Phi) is 5.01. The summed E-state index contributed by atoms with van der Waals surface area (Å²) < 4.78 is 26.3. The van der Waals surface area contributed by atoms with Crippen LogP contribution in [0.4, 0.5) is 0 Å². The Balaban J connectivity index is 2.14. The van der Waals surface area contributed by atoms with Crippen molar-refractivity contribution >= 4 is 10.0 Å². The first kappa shape index (κ1) is 16.0. The minimum absolute atomic E-state index is 0.189. The van der Waals surface area contributed by atoms with Gasteiger partial charge >= 0.3 is 0 Å². The minimum Gasteiger partial charge on any atom is -0.393 e. The van der Waals surface area contributed by atoms with Crippen LogP contribution >= 0.6 is 0 Å². The summed E-state index contributed by atoms with van der Waals surface area (Å²) in [4.78, 5) is 0.189. The van der Waals surface area contributed by atoms with Gasteiger partial charge in [0.1, 0.15) is 6.61 Å². The third-order valence-corrected chi connectivity index (χ3v) is 5.40. The van der Waals surface area contributed by atoms with Gasteiger partial charge in [-0.3, -0.25) is 0 Å². The lowest BCUT2D eigenvalue weighted by molar-refractivity contribution is 0.0367. The maximum atomic E-state index is 12.5. The number of benzene rings is 1. The number of aliphatic hydroxyl groups is 2. The van der Waals surface area contributed by atoms with Crippen LogP contribution in [0.15, 0.2) is 29.2 Å². The average Bonchev–Trinajstić information content (AvgIpc) is 2.43. The van der Waals surface area contributed by atoms with E-state index in [1.165, 1.54) is 16.4 Å². The Morgan fingerprint density at radius 3 is 2.71 bits per heavy atom. The highest BCUT2D eigenvalue weighted by molar-refractivity contribution is 7.89.